The molecular weight excluding hydrogens is 944 g/mol. The Bertz CT molecular complexity index is 2500. The number of rotatable bonds is 10. The van der Waals surface area contributed by atoms with Crippen LogP contribution in [0.4, 0.5) is 0 Å². The Labute approximate surface area is 449 Å². The largest absolute Gasteiger partial charge is 0.507 e. The SMILES string of the molecule is CC(C)N(Cc1cc(-c2ccccc2-c2cc(C(C)(C)C)cc(C34CC5CC(CC(C5)C3)C4)c2O)nc(-c2ccccc2-c2cc(C(C)(C)C)cc(C34CC5CC(CC(C5)C3)C4)c2O)c1)C(C)C.[CH3-].[CH3-].[Zr]. The van der Waals surface area contributed by atoms with Crippen LogP contribution in [0.1, 0.15) is 174 Å². The number of benzene rings is 4. The van der Waals surface area contributed by atoms with Gasteiger partial charge in [-0.05, 0) is 214 Å². The molecule has 0 saturated heterocycles. The molecule has 8 aliphatic rings. The zero-order valence-electron chi connectivity index (χ0n) is 45.7. The van der Waals surface area contributed by atoms with E-state index in [0.717, 1.165) is 86.8 Å². The average molecular weight is 1030 g/mol. The Morgan fingerprint density at radius 1 is 0.493 bits per heavy atom. The third-order valence-corrected chi connectivity index (χ3v) is 18.7. The normalized spacial score (nSPS) is 27.2. The van der Waals surface area contributed by atoms with Gasteiger partial charge in [-0.3, -0.25) is 4.90 Å². The Morgan fingerprint density at radius 2 is 0.803 bits per heavy atom. The number of phenols is 2. The summed E-state index contributed by atoms with van der Waals surface area (Å²) in [6.07, 6.45) is 15.5. The summed E-state index contributed by atoms with van der Waals surface area (Å²) in [5.74, 6) is 5.62. The third-order valence-electron chi connectivity index (χ3n) is 18.7. The van der Waals surface area contributed by atoms with Crippen molar-refractivity contribution < 1.29 is 36.4 Å². The van der Waals surface area contributed by atoms with E-state index >= 15 is 0 Å². The minimum absolute atomic E-state index is 0. The summed E-state index contributed by atoms with van der Waals surface area (Å²) in [6.45, 7) is 23.9. The summed E-state index contributed by atoms with van der Waals surface area (Å²) in [5, 5.41) is 25.8. The summed E-state index contributed by atoms with van der Waals surface area (Å²) in [7, 11) is 0. The van der Waals surface area contributed by atoms with E-state index in [9.17, 15) is 10.2 Å². The van der Waals surface area contributed by atoms with Gasteiger partial charge in [-0.25, -0.2) is 4.98 Å². The minimum Gasteiger partial charge on any atom is -0.507 e. The fourth-order valence-corrected chi connectivity index (χ4v) is 16.2. The summed E-state index contributed by atoms with van der Waals surface area (Å²) >= 11 is 0. The van der Waals surface area contributed by atoms with Crippen molar-refractivity contribution in [2.75, 3.05) is 0 Å². The molecule has 8 fully saturated rings. The quantitative estimate of drug-likeness (QED) is 0.137. The molecule has 71 heavy (non-hydrogen) atoms. The van der Waals surface area contributed by atoms with E-state index < -0.39 is 0 Å². The van der Waals surface area contributed by atoms with Crippen LogP contribution in [0.5, 0.6) is 11.5 Å². The van der Waals surface area contributed by atoms with Gasteiger partial charge in [0.05, 0.1) is 11.4 Å². The number of aromatic hydroxyl groups is 2. The van der Waals surface area contributed by atoms with E-state index in [1.54, 1.807) is 0 Å². The Hall–Kier alpha value is -3.53. The predicted octanol–water partition coefficient (Wildman–Crippen LogP) is 17.2. The summed E-state index contributed by atoms with van der Waals surface area (Å²) in [5.41, 5.74) is 13.9. The fraction of sp³-hybridized carbons (Fsp3) is 0.530. The first-order valence-corrected chi connectivity index (χ1v) is 27.0. The molecule has 0 spiro atoms. The van der Waals surface area contributed by atoms with Crippen molar-refractivity contribution in [2.24, 2.45) is 35.5 Å². The number of pyridine rings is 1. The maximum Gasteiger partial charge on any atom is 0.127 e. The van der Waals surface area contributed by atoms with Crippen LogP contribution in [-0.4, -0.2) is 32.2 Å². The van der Waals surface area contributed by atoms with Crippen molar-refractivity contribution in [2.45, 2.75) is 187 Å². The molecular formula is C66H86N2O2Zr-2. The molecule has 8 aliphatic carbocycles. The van der Waals surface area contributed by atoms with E-state index in [2.05, 4.69) is 159 Å². The molecule has 378 valence electrons. The second-order valence-corrected chi connectivity index (χ2v) is 26.4. The summed E-state index contributed by atoms with van der Waals surface area (Å²) < 4.78 is 0. The Kier molecular flexibility index (Phi) is 14.9. The molecule has 4 aromatic carbocycles. The predicted molar refractivity (Wildman–Crippen MR) is 295 cm³/mol. The minimum atomic E-state index is -0.0912. The number of phenolic OH excluding ortho intramolecular Hbond substituents is 2. The smallest absolute Gasteiger partial charge is 0.127 e. The van der Waals surface area contributed by atoms with Gasteiger partial charge >= 0.3 is 0 Å². The monoisotopic (exact) mass is 1030 g/mol. The summed E-state index contributed by atoms with van der Waals surface area (Å²) in [6, 6.07) is 32.2. The van der Waals surface area contributed by atoms with Crippen molar-refractivity contribution in [1.29, 1.82) is 0 Å². The van der Waals surface area contributed by atoms with Crippen molar-refractivity contribution in [3.8, 4) is 56.3 Å². The van der Waals surface area contributed by atoms with E-state index in [1.807, 2.05) is 0 Å². The van der Waals surface area contributed by atoms with Crippen molar-refractivity contribution in [1.82, 2.24) is 9.88 Å². The first-order valence-electron chi connectivity index (χ1n) is 27.0. The fourth-order valence-electron chi connectivity index (χ4n) is 16.2. The van der Waals surface area contributed by atoms with Crippen LogP contribution in [0.3, 0.4) is 0 Å². The van der Waals surface area contributed by atoms with Gasteiger partial charge in [-0.1, -0.05) is 102 Å². The molecule has 8 bridgehead atoms. The third kappa shape index (κ3) is 9.74. The van der Waals surface area contributed by atoms with Gasteiger partial charge in [0, 0.05) is 78.2 Å². The molecule has 0 aliphatic heterocycles. The number of nitrogens with zero attached hydrogens (tertiary/aromatic N) is 2. The zero-order valence-corrected chi connectivity index (χ0v) is 48.1. The second-order valence-electron chi connectivity index (χ2n) is 26.4. The van der Waals surface area contributed by atoms with Gasteiger partial charge in [0.15, 0.2) is 0 Å². The van der Waals surface area contributed by atoms with Gasteiger partial charge in [0.2, 0.25) is 0 Å². The van der Waals surface area contributed by atoms with Crippen LogP contribution < -0.4 is 0 Å². The van der Waals surface area contributed by atoms with Gasteiger partial charge in [0.1, 0.15) is 11.5 Å². The van der Waals surface area contributed by atoms with Crippen LogP contribution in [-0.2, 0) is 54.4 Å². The maximum atomic E-state index is 12.9. The molecule has 5 heteroatoms. The molecule has 4 nitrogen and oxygen atoms in total. The van der Waals surface area contributed by atoms with Gasteiger partial charge in [-0.15, -0.1) is 0 Å². The van der Waals surface area contributed by atoms with Crippen LogP contribution >= 0.6 is 0 Å². The number of hydrogen-bond donors (Lipinski definition) is 2. The van der Waals surface area contributed by atoms with Crippen molar-refractivity contribution in [3.05, 3.63) is 128 Å². The first-order chi connectivity index (χ1) is 32.3. The molecule has 1 heterocycles. The van der Waals surface area contributed by atoms with E-state index in [-0.39, 0.29) is 62.7 Å². The van der Waals surface area contributed by atoms with Crippen molar-refractivity contribution >= 4 is 0 Å². The van der Waals surface area contributed by atoms with Crippen LogP contribution in [0, 0.1) is 50.4 Å². The topological polar surface area (TPSA) is 56.6 Å². The van der Waals surface area contributed by atoms with E-state index in [4.69, 9.17) is 4.98 Å². The van der Waals surface area contributed by atoms with Gasteiger partial charge in [-0.2, -0.15) is 0 Å². The second kappa shape index (κ2) is 19.6. The molecule has 13 rings (SSSR count). The number of hydrogen-bond acceptors (Lipinski definition) is 4. The maximum absolute atomic E-state index is 12.9. The first kappa shape index (κ1) is 53.8. The van der Waals surface area contributed by atoms with Crippen LogP contribution in [0.25, 0.3) is 44.8 Å². The van der Waals surface area contributed by atoms with E-state index in [0.29, 0.717) is 23.6 Å². The molecule has 1 aromatic heterocycles. The molecule has 2 N–H and O–H groups in total. The molecule has 0 unspecified atom stereocenters. The Balaban J connectivity index is 0.00000225. The van der Waals surface area contributed by atoms with Crippen LogP contribution in [0.15, 0.2) is 84.9 Å². The number of aromatic nitrogens is 1. The zero-order chi connectivity index (χ0) is 47.7. The standard InChI is InChI=1S/C64H80N2O2.2CH3.Zr/c1-38(2)66(39(3)4)37-46-25-57(51-17-13-11-15-49(51)53-27-47(61(5,6)7)29-55(59(53)67)63-31-40-19-41(32-63)21-42(20-40)33-63)65-58(26-46)52-18-14-12-16-50(52)54-28-48(62(8,9)10)30-56(60(54)68)64-34-43-22-44(35-64)24-45(23-43)36-64;;;/h11-18,25-30,38-45,67-68H,19-24,31-37H2,1-10H3;2*1H3;/q;2*-1;. The average Bonchev–Trinajstić information content (AvgIpc) is 3.26. The Morgan fingerprint density at radius 3 is 1.10 bits per heavy atom. The van der Waals surface area contributed by atoms with Crippen molar-refractivity contribution in [3.63, 3.8) is 0 Å². The van der Waals surface area contributed by atoms with E-state index in [1.165, 1.54) is 105 Å². The molecule has 8 saturated carbocycles. The molecule has 0 amide bonds. The van der Waals surface area contributed by atoms with Gasteiger partial charge < -0.3 is 25.1 Å². The molecule has 5 aromatic rings. The molecule has 0 atom stereocenters. The van der Waals surface area contributed by atoms with Crippen LogP contribution in [0.2, 0.25) is 0 Å². The summed E-state index contributed by atoms with van der Waals surface area (Å²) in [4.78, 5) is 8.28. The molecule has 0 radical (unpaired) electrons. The van der Waals surface area contributed by atoms with Gasteiger partial charge in [0.25, 0.3) is 0 Å².